The molecule has 1 aliphatic carbocycles. The summed E-state index contributed by atoms with van der Waals surface area (Å²) in [6.07, 6.45) is 13.5. The molecule has 2 nitrogen and oxygen atoms in total. The normalized spacial score (nSPS) is 39.3. The van der Waals surface area contributed by atoms with Gasteiger partial charge >= 0.3 is 0 Å². The molecule has 2 heterocycles. The molecule has 0 aromatic carbocycles. The first kappa shape index (κ1) is 11.8. The van der Waals surface area contributed by atoms with Gasteiger partial charge in [0.25, 0.3) is 0 Å². The average Bonchev–Trinajstić information content (AvgIpc) is 2.91. The molecule has 1 saturated heterocycles. The maximum atomic E-state index is 4.48. The van der Waals surface area contributed by atoms with Gasteiger partial charge in [-0.25, -0.2) is 0 Å². The quantitative estimate of drug-likeness (QED) is 0.724. The second-order valence-corrected chi connectivity index (χ2v) is 8.63. The predicted octanol–water partition coefficient (Wildman–Crippen LogP) is 4.04. The topological polar surface area (TPSA) is 15.6 Å². The van der Waals surface area contributed by atoms with Crippen LogP contribution in [-0.4, -0.2) is 28.2 Å². The Labute approximate surface area is 107 Å². The van der Waals surface area contributed by atoms with Crippen molar-refractivity contribution >= 4 is 15.8 Å². The van der Waals surface area contributed by atoms with Crippen LogP contribution in [0.4, 0.5) is 0 Å². The third-order valence-corrected chi connectivity index (χ3v) is 8.26. The number of rotatable bonds is 2. The minimum atomic E-state index is -0.804. The number of hydrogen-bond donors (Lipinski definition) is 0. The maximum absolute atomic E-state index is 4.48. The van der Waals surface area contributed by atoms with Crippen LogP contribution >= 0.6 is 10.2 Å². The average molecular weight is 252 g/mol. The Bertz CT molecular complexity index is 280. The van der Waals surface area contributed by atoms with E-state index in [0.717, 1.165) is 5.25 Å². The van der Waals surface area contributed by atoms with Crippen molar-refractivity contribution in [2.45, 2.75) is 56.6 Å². The van der Waals surface area contributed by atoms with Crippen LogP contribution in [0.5, 0.6) is 0 Å². The molecule has 3 heteroatoms. The summed E-state index contributed by atoms with van der Waals surface area (Å²) in [5, 5.41) is 3.37. The highest BCUT2D eigenvalue weighted by atomic mass is 32.3. The molecule has 2 aliphatic heterocycles. The fourth-order valence-electron chi connectivity index (χ4n) is 3.48. The van der Waals surface area contributed by atoms with Crippen molar-refractivity contribution < 1.29 is 0 Å². The lowest BCUT2D eigenvalue weighted by atomic mass is 10.0. The highest BCUT2D eigenvalue weighted by Crippen LogP contribution is 2.61. The number of nitrogens with zero attached hydrogens (tertiary/aromatic N) is 2. The van der Waals surface area contributed by atoms with Crippen molar-refractivity contribution in [3.8, 4) is 0 Å². The smallest absolute Gasteiger partial charge is 0.0589 e. The maximum Gasteiger partial charge on any atom is 0.0589 e. The zero-order chi connectivity index (χ0) is 11.6. The first-order valence-electron chi connectivity index (χ1n) is 7.19. The van der Waals surface area contributed by atoms with E-state index in [0.29, 0.717) is 0 Å². The van der Waals surface area contributed by atoms with Crippen molar-refractivity contribution in [1.82, 2.24) is 4.31 Å². The van der Waals surface area contributed by atoms with Crippen LogP contribution < -0.4 is 0 Å². The third-order valence-electron chi connectivity index (χ3n) is 4.44. The summed E-state index contributed by atoms with van der Waals surface area (Å²) in [6, 6.07) is 0. The monoisotopic (exact) mass is 252 g/mol. The summed E-state index contributed by atoms with van der Waals surface area (Å²) in [4.78, 5) is 4.48. The Hall–Kier alpha value is -0.280. The van der Waals surface area contributed by atoms with Gasteiger partial charge in [-0.1, -0.05) is 25.7 Å². The van der Waals surface area contributed by atoms with Crippen LogP contribution in [0.15, 0.2) is 16.6 Å². The second-order valence-electron chi connectivity index (χ2n) is 5.51. The fraction of sp³-hybridized carbons (Fsp3) is 0.786. The predicted molar refractivity (Wildman–Crippen MR) is 77.5 cm³/mol. The molecule has 17 heavy (non-hydrogen) atoms. The van der Waals surface area contributed by atoms with E-state index >= 15 is 0 Å². The molecule has 0 amide bonds. The Morgan fingerprint density at radius 1 is 0.941 bits per heavy atom. The van der Waals surface area contributed by atoms with Gasteiger partial charge in [-0.3, -0.25) is 9.30 Å². The minimum absolute atomic E-state index is 0.804. The summed E-state index contributed by atoms with van der Waals surface area (Å²) < 4.78 is 2.79. The van der Waals surface area contributed by atoms with Crippen LogP contribution in [0.1, 0.15) is 51.4 Å². The van der Waals surface area contributed by atoms with Crippen LogP contribution in [0, 0.1) is 0 Å². The fourth-order valence-corrected chi connectivity index (χ4v) is 7.19. The van der Waals surface area contributed by atoms with Crippen LogP contribution in [0.2, 0.25) is 0 Å². The summed E-state index contributed by atoms with van der Waals surface area (Å²) in [5.74, 6) is 0. The van der Waals surface area contributed by atoms with Crippen LogP contribution in [0.3, 0.4) is 0 Å². The Morgan fingerprint density at radius 3 is 2.29 bits per heavy atom. The third kappa shape index (κ3) is 2.19. The molecular formula is C14H24N2S. The SMILES string of the molecule is C1=CS(C2CCCCC2)(N2CCCCC2)C=N1. The van der Waals surface area contributed by atoms with E-state index in [9.17, 15) is 0 Å². The van der Waals surface area contributed by atoms with Crippen LogP contribution in [-0.2, 0) is 0 Å². The number of hydrogen-bond acceptors (Lipinski definition) is 2. The molecule has 96 valence electrons. The molecule has 0 bridgehead atoms. The lowest BCUT2D eigenvalue weighted by molar-refractivity contribution is 0.368. The Morgan fingerprint density at radius 2 is 1.65 bits per heavy atom. The van der Waals surface area contributed by atoms with Gasteiger partial charge in [0.2, 0.25) is 0 Å². The highest BCUT2D eigenvalue weighted by molar-refractivity contribution is 8.45. The summed E-state index contributed by atoms with van der Waals surface area (Å²) >= 11 is 0. The van der Waals surface area contributed by atoms with Gasteiger partial charge in [-0.2, -0.15) is 0 Å². The second kappa shape index (κ2) is 5.15. The van der Waals surface area contributed by atoms with Crippen molar-refractivity contribution in [3.05, 3.63) is 11.6 Å². The molecule has 3 rings (SSSR count). The first-order chi connectivity index (χ1) is 8.42. The minimum Gasteiger partial charge on any atom is -0.259 e. The number of aliphatic imine (C=N–C) groups is 1. The zero-order valence-corrected chi connectivity index (χ0v) is 11.5. The first-order valence-corrected chi connectivity index (χ1v) is 8.97. The summed E-state index contributed by atoms with van der Waals surface area (Å²) in [5.41, 5.74) is 2.33. The molecular weight excluding hydrogens is 228 g/mol. The van der Waals surface area contributed by atoms with E-state index in [1.54, 1.807) is 0 Å². The van der Waals surface area contributed by atoms with E-state index < -0.39 is 10.2 Å². The largest absolute Gasteiger partial charge is 0.259 e. The van der Waals surface area contributed by atoms with Gasteiger partial charge in [0.05, 0.1) is 5.55 Å². The summed E-state index contributed by atoms with van der Waals surface area (Å²) in [6.45, 7) is 2.62. The number of piperidine rings is 1. The molecule has 3 aliphatic rings. The highest BCUT2D eigenvalue weighted by Gasteiger charge is 2.38. The lowest BCUT2D eigenvalue weighted by Gasteiger charge is -2.50. The molecule has 1 unspecified atom stereocenters. The molecule has 0 N–H and O–H groups in total. The molecule has 0 spiro atoms. The van der Waals surface area contributed by atoms with Gasteiger partial charge in [0, 0.05) is 24.5 Å². The zero-order valence-electron chi connectivity index (χ0n) is 10.7. The van der Waals surface area contributed by atoms with E-state index in [1.807, 2.05) is 0 Å². The van der Waals surface area contributed by atoms with Gasteiger partial charge in [0.15, 0.2) is 0 Å². The van der Waals surface area contributed by atoms with Crippen molar-refractivity contribution in [2.24, 2.45) is 4.99 Å². The van der Waals surface area contributed by atoms with Crippen molar-refractivity contribution in [1.29, 1.82) is 0 Å². The van der Waals surface area contributed by atoms with E-state index in [2.05, 4.69) is 26.5 Å². The van der Waals surface area contributed by atoms with Gasteiger partial charge in [-0.15, -0.1) is 10.2 Å². The molecule has 0 aromatic rings. The van der Waals surface area contributed by atoms with E-state index in [1.165, 1.54) is 64.5 Å². The molecule has 1 atom stereocenters. The van der Waals surface area contributed by atoms with E-state index in [4.69, 9.17) is 0 Å². The Kier molecular flexibility index (Phi) is 3.57. The standard InChI is InChI=1S/C14H24N2S/c1-3-7-14(8-4-1)17(12-9-15-13-17)16-10-5-2-6-11-16/h9,12-14H,1-8,10-11H2. The van der Waals surface area contributed by atoms with Gasteiger partial charge in [-0.05, 0) is 31.1 Å². The molecule has 2 fully saturated rings. The van der Waals surface area contributed by atoms with Gasteiger partial charge < -0.3 is 0 Å². The van der Waals surface area contributed by atoms with E-state index in [-0.39, 0.29) is 0 Å². The molecule has 0 radical (unpaired) electrons. The molecule has 0 aromatic heterocycles. The van der Waals surface area contributed by atoms with Gasteiger partial charge in [0.1, 0.15) is 0 Å². The summed E-state index contributed by atoms with van der Waals surface area (Å²) in [7, 11) is -0.804. The Balaban J connectivity index is 1.81. The lowest BCUT2D eigenvalue weighted by Crippen LogP contribution is -2.38. The molecule has 1 saturated carbocycles. The van der Waals surface area contributed by atoms with Crippen molar-refractivity contribution in [3.63, 3.8) is 0 Å². The van der Waals surface area contributed by atoms with Crippen LogP contribution in [0.25, 0.3) is 0 Å². The van der Waals surface area contributed by atoms with Crippen molar-refractivity contribution in [2.75, 3.05) is 13.1 Å².